The largest absolute Gasteiger partial charge is 0.324 e. The summed E-state index contributed by atoms with van der Waals surface area (Å²) < 4.78 is 1.83. The van der Waals surface area contributed by atoms with Crippen LogP contribution in [0.3, 0.4) is 0 Å². The normalized spacial score (nSPS) is 12.2. The number of hydrogen-bond donors (Lipinski definition) is 1. The van der Waals surface area contributed by atoms with Crippen molar-refractivity contribution in [2.45, 2.75) is 24.3 Å². The number of nitrogens with zero attached hydrogens (tertiary/aromatic N) is 3. The van der Waals surface area contributed by atoms with E-state index in [-0.39, 0.29) is 11.2 Å². The predicted molar refractivity (Wildman–Crippen MR) is 86.2 cm³/mol. The van der Waals surface area contributed by atoms with Crippen LogP contribution in [0, 0.1) is 6.92 Å². The van der Waals surface area contributed by atoms with Crippen LogP contribution in [0.25, 0.3) is 0 Å². The molecule has 1 heterocycles. The van der Waals surface area contributed by atoms with Gasteiger partial charge in [-0.3, -0.25) is 4.79 Å². The van der Waals surface area contributed by atoms with Gasteiger partial charge in [0.2, 0.25) is 5.91 Å². The molecule has 112 valence electrons. The van der Waals surface area contributed by atoms with Gasteiger partial charge >= 0.3 is 0 Å². The molecule has 0 fully saturated rings. The van der Waals surface area contributed by atoms with Crippen LogP contribution >= 0.6 is 35.0 Å². The van der Waals surface area contributed by atoms with Crippen molar-refractivity contribution in [3.05, 3.63) is 34.1 Å². The Hall–Kier alpha value is -1.24. The molecule has 0 aliphatic rings. The minimum Gasteiger partial charge on any atom is -0.324 e. The number of aryl methyl sites for hydroxylation is 1. The van der Waals surface area contributed by atoms with Crippen LogP contribution in [0.4, 0.5) is 5.69 Å². The molecule has 0 saturated heterocycles. The van der Waals surface area contributed by atoms with E-state index in [2.05, 4.69) is 15.5 Å². The van der Waals surface area contributed by atoms with E-state index in [4.69, 9.17) is 23.2 Å². The lowest BCUT2D eigenvalue weighted by Crippen LogP contribution is -2.23. The van der Waals surface area contributed by atoms with Crippen LogP contribution in [-0.4, -0.2) is 25.9 Å². The number of rotatable bonds is 4. The minimum absolute atomic E-state index is 0.176. The molecule has 1 aromatic heterocycles. The van der Waals surface area contributed by atoms with Crippen LogP contribution in [0.15, 0.2) is 23.4 Å². The second-order valence-electron chi connectivity index (χ2n) is 4.46. The minimum atomic E-state index is -0.345. The summed E-state index contributed by atoms with van der Waals surface area (Å²) in [6, 6.07) is 4.93. The maximum atomic E-state index is 12.2. The summed E-state index contributed by atoms with van der Waals surface area (Å²) in [5, 5.41) is 12.0. The summed E-state index contributed by atoms with van der Waals surface area (Å²) in [5.41, 5.74) is 0.496. The van der Waals surface area contributed by atoms with E-state index in [0.29, 0.717) is 20.9 Å². The highest BCUT2D eigenvalue weighted by Gasteiger charge is 2.19. The van der Waals surface area contributed by atoms with Gasteiger partial charge in [0.25, 0.3) is 0 Å². The number of benzene rings is 1. The summed E-state index contributed by atoms with van der Waals surface area (Å²) in [6.45, 7) is 3.65. The van der Waals surface area contributed by atoms with Crippen molar-refractivity contribution in [2.75, 3.05) is 5.32 Å². The van der Waals surface area contributed by atoms with E-state index in [9.17, 15) is 4.79 Å². The van der Waals surface area contributed by atoms with Gasteiger partial charge in [-0.25, -0.2) is 0 Å². The Bertz CT molecular complexity index is 674. The van der Waals surface area contributed by atoms with Gasteiger partial charge < -0.3 is 9.88 Å². The highest BCUT2D eigenvalue weighted by molar-refractivity contribution is 8.00. The fraction of sp³-hybridized carbons (Fsp3) is 0.308. The number of aromatic nitrogens is 3. The van der Waals surface area contributed by atoms with Crippen LogP contribution in [0.1, 0.15) is 12.7 Å². The highest BCUT2D eigenvalue weighted by atomic mass is 35.5. The number of amides is 1. The molecule has 0 aliphatic heterocycles. The topological polar surface area (TPSA) is 59.8 Å². The number of anilines is 1. The third-order valence-corrected chi connectivity index (χ3v) is 4.59. The molecule has 2 aromatic rings. The Morgan fingerprint density at radius 3 is 2.71 bits per heavy atom. The van der Waals surface area contributed by atoms with Gasteiger partial charge in [-0.15, -0.1) is 10.2 Å². The standard InChI is InChI=1S/C13H14Cl2N4OS/c1-7(21-13-18-17-8(2)19(13)3)12(20)16-11-6-9(14)4-5-10(11)15/h4-7H,1-3H3,(H,16,20). The smallest absolute Gasteiger partial charge is 0.237 e. The molecule has 1 amide bonds. The average Bonchev–Trinajstić information content (AvgIpc) is 2.74. The summed E-state index contributed by atoms with van der Waals surface area (Å²) in [7, 11) is 1.86. The molecule has 1 atom stereocenters. The number of thioether (sulfide) groups is 1. The van der Waals surface area contributed by atoms with Crippen molar-refractivity contribution in [2.24, 2.45) is 7.05 Å². The van der Waals surface area contributed by atoms with E-state index in [1.54, 1.807) is 25.1 Å². The molecule has 1 N–H and O–H groups in total. The van der Waals surface area contributed by atoms with Gasteiger partial charge in [-0.1, -0.05) is 35.0 Å². The second-order valence-corrected chi connectivity index (χ2v) is 6.61. The molecule has 0 bridgehead atoms. The van der Waals surface area contributed by atoms with Crippen molar-refractivity contribution in [1.29, 1.82) is 0 Å². The molecule has 0 aliphatic carbocycles. The molecule has 8 heteroatoms. The lowest BCUT2D eigenvalue weighted by atomic mass is 10.3. The van der Waals surface area contributed by atoms with Gasteiger partial charge in [-0.2, -0.15) is 0 Å². The molecule has 0 radical (unpaired) electrons. The Balaban J connectivity index is 2.06. The van der Waals surface area contributed by atoms with Crippen LogP contribution in [-0.2, 0) is 11.8 Å². The molecule has 21 heavy (non-hydrogen) atoms. The van der Waals surface area contributed by atoms with Crippen molar-refractivity contribution in [3.63, 3.8) is 0 Å². The monoisotopic (exact) mass is 344 g/mol. The Morgan fingerprint density at radius 2 is 2.10 bits per heavy atom. The molecule has 0 saturated carbocycles. The number of halogens is 2. The Labute approximate surface area is 137 Å². The van der Waals surface area contributed by atoms with E-state index in [0.717, 1.165) is 5.82 Å². The third-order valence-electron chi connectivity index (χ3n) is 2.89. The number of hydrogen-bond acceptors (Lipinski definition) is 4. The maximum Gasteiger partial charge on any atom is 0.237 e. The van der Waals surface area contributed by atoms with Crippen molar-refractivity contribution >= 4 is 46.6 Å². The Morgan fingerprint density at radius 1 is 1.38 bits per heavy atom. The molecule has 1 unspecified atom stereocenters. The van der Waals surface area contributed by atoms with Gasteiger partial charge in [0.1, 0.15) is 5.82 Å². The van der Waals surface area contributed by atoms with Crippen molar-refractivity contribution in [1.82, 2.24) is 14.8 Å². The molecular formula is C13H14Cl2N4OS. The first-order valence-corrected chi connectivity index (χ1v) is 7.80. The summed E-state index contributed by atoms with van der Waals surface area (Å²) in [5.74, 6) is 0.618. The van der Waals surface area contributed by atoms with E-state index < -0.39 is 0 Å². The molecule has 1 aromatic carbocycles. The SMILES string of the molecule is Cc1nnc(SC(C)C(=O)Nc2cc(Cl)ccc2Cl)n1C. The lowest BCUT2D eigenvalue weighted by molar-refractivity contribution is -0.115. The summed E-state index contributed by atoms with van der Waals surface area (Å²) >= 11 is 13.3. The second kappa shape index (κ2) is 6.68. The fourth-order valence-electron chi connectivity index (χ4n) is 1.53. The van der Waals surface area contributed by atoms with E-state index in [1.807, 2.05) is 18.5 Å². The first-order valence-electron chi connectivity index (χ1n) is 6.17. The quantitative estimate of drug-likeness (QED) is 0.861. The fourth-order valence-corrected chi connectivity index (χ4v) is 2.73. The number of nitrogens with one attached hydrogen (secondary N) is 1. The molecular weight excluding hydrogens is 331 g/mol. The Kier molecular flexibility index (Phi) is 5.13. The van der Waals surface area contributed by atoms with Gasteiger partial charge in [-0.05, 0) is 32.0 Å². The molecule has 5 nitrogen and oxygen atoms in total. The van der Waals surface area contributed by atoms with Crippen molar-refractivity contribution in [3.8, 4) is 0 Å². The predicted octanol–water partition coefficient (Wildman–Crippen LogP) is 3.55. The zero-order valence-corrected chi connectivity index (χ0v) is 14.1. The molecule has 2 rings (SSSR count). The van der Waals surface area contributed by atoms with Gasteiger partial charge in [0.05, 0.1) is 16.0 Å². The van der Waals surface area contributed by atoms with E-state index in [1.165, 1.54) is 11.8 Å². The number of carbonyl (C=O) groups excluding carboxylic acids is 1. The summed E-state index contributed by atoms with van der Waals surface area (Å²) in [4.78, 5) is 12.2. The lowest BCUT2D eigenvalue weighted by Gasteiger charge is -2.12. The van der Waals surface area contributed by atoms with E-state index >= 15 is 0 Å². The van der Waals surface area contributed by atoms with Crippen LogP contribution in [0.2, 0.25) is 10.0 Å². The average molecular weight is 345 g/mol. The number of carbonyl (C=O) groups is 1. The van der Waals surface area contributed by atoms with Crippen LogP contribution < -0.4 is 5.32 Å². The van der Waals surface area contributed by atoms with Crippen LogP contribution in [0.5, 0.6) is 0 Å². The first-order chi connectivity index (χ1) is 9.88. The molecule has 0 spiro atoms. The van der Waals surface area contributed by atoms with Gasteiger partial charge in [0.15, 0.2) is 5.16 Å². The summed E-state index contributed by atoms with van der Waals surface area (Å²) in [6.07, 6.45) is 0. The maximum absolute atomic E-state index is 12.2. The zero-order chi connectivity index (χ0) is 15.6. The van der Waals surface area contributed by atoms with Gasteiger partial charge in [0, 0.05) is 12.1 Å². The van der Waals surface area contributed by atoms with Crippen molar-refractivity contribution < 1.29 is 4.79 Å². The zero-order valence-electron chi connectivity index (χ0n) is 11.7. The highest BCUT2D eigenvalue weighted by Crippen LogP contribution is 2.27. The first kappa shape index (κ1) is 16.1. The third kappa shape index (κ3) is 3.90.